The van der Waals surface area contributed by atoms with Crippen LogP contribution < -0.4 is 14.8 Å². The lowest BCUT2D eigenvalue weighted by Crippen LogP contribution is -2.05. The minimum absolute atomic E-state index is 0.536. The Bertz CT molecular complexity index is 1650. The number of nitrogens with one attached hydrogen (secondary N) is 1. The van der Waals surface area contributed by atoms with Crippen LogP contribution in [-0.4, -0.2) is 34.0 Å². The summed E-state index contributed by atoms with van der Waals surface area (Å²) in [5, 5.41) is 12.2. The fraction of sp³-hybridized carbons (Fsp3) is 0.0690. The molecule has 8 heteroatoms. The van der Waals surface area contributed by atoms with E-state index < -0.39 is 0 Å². The third kappa shape index (κ3) is 4.04. The Hall–Kier alpha value is -5.11. The zero-order valence-corrected chi connectivity index (χ0v) is 20.3. The zero-order chi connectivity index (χ0) is 25.2. The van der Waals surface area contributed by atoms with Gasteiger partial charge in [-0.05, 0) is 23.3 Å². The molecule has 3 aromatic carbocycles. The Kier molecular flexibility index (Phi) is 5.74. The minimum atomic E-state index is 0.536. The predicted molar refractivity (Wildman–Crippen MR) is 142 cm³/mol. The van der Waals surface area contributed by atoms with Crippen molar-refractivity contribution < 1.29 is 14.0 Å². The maximum atomic E-state index is 6.02. The van der Waals surface area contributed by atoms with Crippen LogP contribution >= 0.6 is 0 Å². The summed E-state index contributed by atoms with van der Waals surface area (Å²) >= 11 is 0. The fourth-order valence-corrected chi connectivity index (χ4v) is 4.39. The molecule has 1 N–H and O–H groups in total. The van der Waals surface area contributed by atoms with Crippen LogP contribution in [0.2, 0.25) is 0 Å². The SMILES string of the molecule is COc1ccc(-c2c(Nc3cnoc3)nc3c(-c4ccccc4)c(-c4ccccc4)nn3c2OC)cc1. The molecule has 0 aliphatic carbocycles. The molecule has 0 atom stereocenters. The quantitative estimate of drug-likeness (QED) is 0.275. The van der Waals surface area contributed by atoms with E-state index in [1.54, 1.807) is 24.9 Å². The van der Waals surface area contributed by atoms with Crippen LogP contribution in [0.5, 0.6) is 11.6 Å². The van der Waals surface area contributed by atoms with Crippen molar-refractivity contribution in [2.24, 2.45) is 0 Å². The van der Waals surface area contributed by atoms with E-state index in [1.807, 2.05) is 72.8 Å². The molecule has 0 unspecified atom stereocenters. The van der Waals surface area contributed by atoms with Crippen molar-refractivity contribution in [3.8, 4) is 45.1 Å². The number of ether oxygens (including phenoxy) is 2. The fourth-order valence-electron chi connectivity index (χ4n) is 4.39. The van der Waals surface area contributed by atoms with E-state index in [4.69, 9.17) is 24.1 Å². The molecule has 37 heavy (non-hydrogen) atoms. The molecule has 182 valence electrons. The Balaban J connectivity index is 1.69. The predicted octanol–water partition coefficient (Wildman–Crippen LogP) is 6.48. The van der Waals surface area contributed by atoms with Gasteiger partial charge in [-0.15, -0.1) is 0 Å². The van der Waals surface area contributed by atoms with E-state index in [0.717, 1.165) is 39.3 Å². The molecule has 0 aliphatic rings. The van der Waals surface area contributed by atoms with Crippen molar-refractivity contribution >= 4 is 17.2 Å². The summed E-state index contributed by atoms with van der Waals surface area (Å²) in [5.74, 6) is 1.87. The second-order valence-corrected chi connectivity index (χ2v) is 8.30. The second-order valence-electron chi connectivity index (χ2n) is 8.30. The topological polar surface area (TPSA) is 86.7 Å². The van der Waals surface area contributed by atoms with Crippen LogP contribution in [0, 0.1) is 0 Å². The van der Waals surface area contributed by atoms with Crippen molar-refractivity contribution in [1.82, 2.24) is 19.8 Å². The molecule has 0 saturated heterocycles. The van der Waals surface area contributed by atoms with Crippen molar-refractivity contribution in [1.29, 1.82) is 0 Å². The second kappa shape index (κ2) is 9.50. The maximum Gasteiger partial charge on any atom is 0.228 e. The average Bonchev–Trinajstić information content (AvgIpc) is 3.61. The maximum absolute atomic E-state index is 6.02. The standard InChI is InChI=1S/C29H23N5O3/c1-35-23-15-13-20(14-16-23)25-27(31-22-17-30-37-18-22)32-28-24(19-9-5-3-6-10-19)26(21-11-7-4-8-12-21)33-34(28)29(25)36-2/h3-18H,1-2H3,(H,31,32). The van der Waals surface area contributed by atoms with Crippen molar-refractivity contribution in [3.63, 3.8) is 0 Å². The van der Waals surface area contributed by atoms with E-state index in [-0.39, 0.29) is 0 Å². The van der Waals surface area contributed by atoms with Gasteiger partial charge < -0.3 is 19.3 Å². The highest BCUT2D eigenvalue weighted by atomic mass is 16.5. The summed E-state index contributed by atoms with van der Waals surface area (Å²) in [6, 6.07) is 27.9. The van der Waals surface area contributed by atoms with Gasteiger partial charge >= 0.3 is 0 Å². The Morgan fingerprint density at radius 2 is 1.43 bits per heavy atom. The van der Waals surface area contributed by atoms with E-state index in [2.05, 4.69) is 22.6 Å². The minimum Gasteiger partial charge on any atom is -0.497 e. The van der Waals surface area contributed by atoms with Crippen LogP contribution in [0.25, 0.3) is 39.2 Å². The molecule has 0 aliphatic heterocycles. The summed E-state index contributed by atoms with van der Waals surface area (Å²) in [5.41, 5.74) is 6.62. The number of hydrogen-bond donors (Lipinski definition) is 1. The van der Waals surface area contributed by atoms with Gasteiger partial charge in [-0.3, -0.25) is 0 Å². The number of hydrogen-bond acceptors (Lipinski definition) is 7. The van der Waals surface area contributed by atoms with Crippen molar-refractivity contribution in [2.75, 3.05) is 19.5 Å². The number of anilines is 2. The van der Waals surface area contributed by atoms with Gasteiger partial charge in [0.2, 0.25) is 5.88 Å². The largest absolute Gasteiger partial charge is 0.497 e. The molecule has 0 bridgehead atoms. The molecule has 0 radical (unpaired) electrons. The number of methoxy groups -OCH3 is 2. The number of benzene rings is 3. The van der Waals surface area contributed by atoms with Gasteiger partial charge in [-0.2, -0.15) is 9.61 Å². The summed E-state index contributed by atoms with van der Waals surface area (Å²) < 4.78 is 18.2. The summed E-state index contributed by atoms with van der Waals surface area (Å²) in [6.45, 7) is 0. The van der Waals surface area contributed by atoms with E-state index >= 15 is 0 Å². The van der Waals surface area contributed by atoms with Crippen molar-refractivity contribution in [2.45, 2.75) is 0 Å². The van der Waals surface area contributed by atoms with E-state index in [9.17, 15) is 0 Å². The Labute approximate surface area is 213 Å². The highest BCUT2D eigenvalue weighted by Gasteiger charge is 2.25. The average molecular weight is 490 g/mol. The highest BCUT2D eigenvalue weighted by molar-refractivity contribution is 5.94. The summed E-state index contributed by atoms with van der Waals surface area (Å²) in [4.78, 5) is 5.11. The smallest absolute Gasteiger partial charge is 0.228 e. The Morgan fingerprint density at radius 1 is 0.757 bits per heavy atom. The van der Waals surface area contributed by atoms with Gasteiger partial charge in [0.05, 0.1) is 31.5 Å². The number of fused-ring (bicyclic) bond motifs is 1. The van der Waals surface area contributed by atoms with Gasteiger partial charge in [-0.1, -0.05) is 78.0 Å². The zero-order valence-electron chi connectivity index (χ0n) is 20.3. The first-order chi connectivity index (χ1) is 18.3. The monoisotopic (exact) mass is 489 g/mol. The van der Waals surface area contributed by atoms with Crippen LogP contribution in [-0.2, 0) is 0 Å². The molecular weight excluding hydrogens is 466 g/mol. The number of aromatic nitrogens is 4. The molecule has 3 heterocycles. The van der Waals surface area contributed by atoms with Gasteiger partial charge in [0, 0.05) is 5.56 Å². The van der Waals surface area contributed by atoms with Crippen LogP contribution in [0.4, 0.5) is 11.5 Å². The van der Waals surface area contributed by atoms with Crippen LogP contribution in [0.15, 0.2) is 102 Å². The molecule has 0 amide bonds. The van der Waals surface area contributed by atoms with Crippen LogP contribution in [0.1, 0.15) is 0 Å². The van der Waals surface area contributed by atoms with Gasteiger partial charge in [0.25, 0.3) is 0 Å². The molecule has 0 saturated carbocycles. The van der Waals surface area contributed by atoms with Crippen LogP contribution in [0.3, 0.4) is 0 Å². The molecule has 6 rings (SSSR count). The lowest BCUT2D eigenvalue weighted by atomic mass is 10.0. The third-order valence-corrected chi connectivity index (χ3v) is 6.10. The third-order valence-electron chi connectivity index (χ3n) is 6.10. The van der Waals surface area contributed by atoms with Crippen molar-refractivity contribution in [3.05, 3.63) is 97.4 Å². The normalized spacial score (nSPS) is 11.0. The summed E-state index contributed by atoms with van der Waals surface area (Å²) in [6.07, 6.45) is 3.13. The molecule has 0 spiro atoms. The molecule has 3 aromatic heterocycles. The number of rotatable bonds is 7. The molecule has 6 aromatic rings. The molecule has 0 fully saturated rings. The summed E-state index contributed by atoms with van der Waals surface area (Å²) in [7, 11) is 3.28. The number of nitrogens with zero attached hydrogens (tertiary/aromatic N) is 4. The first-order valence-electron chi connectivity index (χ1n) is 11.7. The van der Waals surface area contributed by atoms with Gasteiger partial charge in [0.1, 0.15) is 29.2 Å². The van der Waals surface area contributed by atoms with Gasteiger partial charge in [0.15, 0.2) is 5.65 Å². The highest BCUT2D eigenvalue weighted by Crippen LogP contribution is 2.42. The van der Waals surface area contributed by atoms with E-state index in [0.29, 0.717) is 23.0 Å². The van der Waals surface area contributed by atoms with E-state index in [1.165, 1.54) is 6.26 Å². The lowest BCUT2D eigenvalue weighted by molar-refractivity contribution is 0.387. The molecule has 8 nitrogen and oxygen atoms in total. The molecular formula is C29H23N5O3. The first kappa shape index (κ1) is 22.4. The first-order valence-corrected chi connectivity index (χ1v) is 11.7. The van der Waals surface area contributed by atoms with Gasteiger partial charge in [-0.25, -0.2) is 4.98 Å². The Morgan fingerprint density at radius 3 is 2.05 bits per heavy atom. The lowest BCUT2D eigenvalue weighted by Gasteiger charge is -2.16.